The molecule has 1 fully saturated rings. The molecule has 7 nitrogen and oxygen atoms in total. The highest BCUT2D eigenvalue weighted by Crippen LogP contribution is 2.21. The van der Waals surface area contributed by atoms with Crippen LogP contribution in [-0.4, -0.2) is 71.4 Å². The first kappa shape index (κ1) is 20.7. The molecule has 0 saturated carbocycles. The summed E-state index contributed by atoms with van der Waals surface area (Å²) in [6.45, 7) is 8.60. The second kappa shape index (κ2) is 9.34. The van der Waals surface area contributed by atoms with Gasteiger partial charge in [0.25, 0.3) is 0 Å². The number of amides is 1. The molecule has 1 aromatic rings. The highest BCUT2D eigenvalue weighted by atomic mass is 32.2. The zero-order chi connectivity index (χ0) is 19.2. The van der Waals surface area contributed by atoms with Gasteiger partial charge in [-0.15, -0.1) is 0 Å². The van der Waals surface area contributed by atoms with Gasteiger partial charge in [-0.05, 0) is 37.1 Å². The Morgan fingerprint density at radius 1 is 1.23 bits per heavy atom. The van der Waals surface area contributed by atoms with Gasteiger partial charge >= 0.3 is 0 Å². The number of hydrogen-bond acceptors (Lipinski definition) is 5. The first-order valence-corrected chi connectivity index (χ1v) is 10.7. The van der Waals surface area contributed by atoms with E-state index < -0.39 is 10.0 Å². The summed E-state index contributed by atoms with van der Waals surface area (Å²) in [6, 6.07) is 5.51. The number of carbonyl (C=O) groups excluding carboxylic acids is 1. The number of nitrogens with one attached hydrogen (secondary N) is 1. The molecule has 0 radical (unpaired) electrons. The zero-order valence-corrected chi connectivity index (χ0v) is 16.6. The zero-order valence-electron chi connectivity index (χ0n) is 15.8. The molecule has 0 aliphatic carbocycles. The minimum absolute atomic E-state index is 0.128. The van der Waals surface area contributed by atoms with E-state index in [4.69, 9.17) is 4.74 Å². The lowest BCUT2D eigenvalue weighted by molar-refractivity contribution is -0.120. The largest absolute Gasteiger partial charge is 0.379 e. The Hall–Kier alpha value is -1.64. The fraction of sp³-hybridized carbons (Fsp3) is 0.611. The van der Waals surface area contributed by atoms with Crippen LogP contribution in [0.1, 0.15) is 17.5 Å². The predicted octanol–water partition coefficient (Wildman–Crippen LogP) is 0.908. The number of sulfonamides is 1. The number of hydrogen-bond donors (Lipinski definition) is 1. The van der Waals surface area contributed by atoms with E-state index in [1.165, 1.54) is 10.6 Å². The maximum absolute atomic E-state index is 12.1. The molecule has 8 heteroatoms. The van der Waals surface area contributed by atoms with E-state index in [0.717, 1.165) is 44.0 Å². The Kier molecular flexibility index (Phi) is 7.43. The van der Waals surface area contributed by atoms with Crippen molar-refractivity contribution in [3.63, 3.8) is 0 Å². The van der Waals surface area contributed by atoms with Crippen molar-refractivity contribution in [1.29, 1.82) is 0 Å². The third-order valence-electron chi connectivity index (χ3n) is 4.57. The van der Waals surface area contributed by atoms with Gasteiger partial charge < -0.3 is 10.1 Å². The van der Waals surface area contributed by atoms with Crippen molar-refractivity contribution in [2.45, 2.75) is 20.3 Å². The molecule has 1 aliphatic heterocycles. The van der Waals surface area contributed by atoms with E-state index in [-0.39, 0.29) is 18.9 Å². The molecule has 0 atom stereocenters. The number of morpholine rings is 1. The van der Waals surface area contributed by atoms with Crippen LogP contribution >= 0.6 is 0 Å². The fourth-order valence-electron chi connectivity index (χ4n) is 2.84. The summed E-state index contributed by atoms with van der Waals surface area (Å²) < 4.78 is 30.9. The second-order valence-corrected chi connectivity index (χ2v) is 8.56. The van der Waals surface area contributed by atoms with Crippen LogP contribution in [0.5, 0.6) is 0 Å². The lowest BCUT2D eigenvalue weighted by Gasteiger charge is -2.26. The summed E-state index contributed by atoms with van der Waals surface area (Å²) in [6.07, 6.45) is 1.29. The molecular weight excluding hydrogens is 354 g/mol. The fourth-order valence-corrected chi connectivity index (χ4v) is 3.76. The smallest absolute Gasteiger partial charge is 0.232 e. The average molecular weight is 384 g/mol. The van der Waals surface area contributed by atoms with Gasteiger partial charge in [0.1, 0.15) is 0 Å². The summed E-state index contributed by atoms with van der Waals surface area (Å²) in [5.41, 5.74) is 2.71. The van der Waals surface area contributed by atoms with Gasteiger partial charge in [0, 0.05) is 39.1 Å². The molecule has 0 spiro atoms. The van der Waals surface area contributed by atoms with Crippen molar-refractivity contribution in [3.05, 3.63) is 29.3 Å². The molecule has 1 N–H and O–H groups in total. The van der Waals surface area contributed by atoms with Crippen LogP contribution in [0.15, 0.2) is 18.2 Å². The van der Waals surface area contributed by atoms with Crippen LogP contribution in [-0.2, 0) is 19.6 Å². The van der Waals surface area contributed by atoms with Crippen LogP contribution in [0.3, 0.4) is 0 Å². The molecule has 1 saturated heterocycles. The number of rotatable bonds is 8. The Labute approximate surface area is 156 Å². The van der Waals surface area contributed by atoms with Crippen LogP contribution in [0, 0.1) is 13.8 Å². The van der Waals surface area contributed by atoms with Crippen LogP contribution in [0.4, 0.5) is 5.69 Å². The maximum Gasteiger partial charge on any atom is 0.232 e. The normalized spacial score (nSPS) is 15.7. The monoisotopic (exact) mass is 383 g/mol. The topological polar surface area (TPSA) is 79.0 Å². The summed E-state index contributed by atoms with van der Waals surface area (Å²) >= 11 is 0. The number of anilines is 1. The highest BCUT2D eigenvalue weighted by molar-refractivity contribution is 7.92. The quantitative estimate of drug-likeness (QED) is 0.722. The van der Waals surface area contributed by atoms with Gasteiger partial charge in [0.15, 0.2) is 0 Å². The molecule has 146 valence electrons. The van der Waals surface area contributed by atoms with Crippen molar-refractivity contribution in [2.75, 3.05) is 56.5 Å². The third-order valence-corrected chi connectivity index (χ3v) is 5.77. The van der Waals surface area contributed by atoms with E-state index >= 15 is 0 Å². The second-order valence-electron chi connectivity index (χ2n) is 6.66. The van der Waals surface area contributed by atoms with E-state index in [0.29, 0.717) is 12.2 Å². The Morgan fingerprint density at radius 2 is 1.92 bits per heavy atom. The number of carbonyl (C=O) groups is 1. The summed E-state index contributed by atoms with van der Waals surface area (Å²) in [7, 11) is -3.45. The molecule has 1 heterocycles. The first-order valence-electron chi connectivity index (χ1n) is 8.89. The Morgan fingerprint density at radius 3 is 2.54 bits per heavy atom. The molecule has 0 unspecified atom stereocenters. The average Bonchev–Trinajstić information content (AvgIpc) is 2.58. The molecule has 1 aliphatic rings. The lowest BCUT2D eigenvalue weighted by Crippen LogP contribution is -2.42. The molecule has 0 aromatic heterocycles. The highest BCUT2D eigenvalue weighted by Gasteiger charge is 2.19. The SMILES string of the molecule is Cc1ccc(N(CCC(=O)NCCN2CCOCC2)S(C)(=O)=O)cc1C. The summed E-state index contributed by atoms with van der Waals surface area (Å²) in [4.78, 5) is 14.3. The molecule has 0 bridgehead atoms. The number of aryl methyl sites for hydroxylation is 2. The van der Waals surface area contributed by atoms with E-state index in [2.05, 4.69) is 10.2 Å². The summed E-state index contributed by atoms with van der Waals surface area (Å²) in [5.74, 6) is -0.143. The van der Waals surface area contributed by atoms with Crippen molar-refractivity contribution in [3.8, 4) is 0 Å². The van der Waals surface area contributed by atoms with Crippen molar-refractivity contribution >= 4 is 21.6 Å². The first-order chi connectivity index (χ1) is 12.3. The van der Waals surface area contributed by atoms with Gasteiger partial charge in [-0.1, -0.05) is 6.07 Å². The van der Waals surface area contributed by atoms with Gasteiger partial charge in [-0.25, -0.2) is 8.42 Å². The summed E-state index contributed by atoms with van der Waals surface area (Å²) in [5, 5.41) is 2.87. The number of ether oxygens (including phenoxy) is 1. The van der Waals surface area contributed by atoms with Crippen molar-refractivity contribution in [2.24, 2.45) is 0 Å². The van der Waals surface area contributed by atoms with Gasteiger partial charge in [-0.2, -0.15) is 0 Å². The van der Waals surface area contributed by atoms with Crippen molar-refractivity contribution in [1.82, 2.24) is 10.2 Å². The van der Waals surface area contributed by atoms with E-state index in [9.17, 15) is 13.2 Å². The number of nitrogens with zero attached hydrogens (tertiary/aromatic N) is 2. The van der Waals surface area contributed by atoms with Crippen LogP contribution in [0.2, 0.25) is 0 Å². The Balaban J connectivity index is 1.86. The lowest BCUT2D eigenvalue weighted by atomic mass is 10.1. The third kappa shape index (κ3) is 6.26. The van der Waals surface area contributed by atoms with E-state index in [1.54, 1.807) is 6.07 Å². The molecular formula is C18H29N3O4S. The van der Waals surface area contributed by atoms with E-state index in [1.807, 2.05) is 26.0 Å². The van der Waals surface area contributed by atoms with Gasteiger partial charge in [0.2, 0.25) is 15.9 Å². The van der Waals surface area contributed by atoms with Crippen LogP contribution in [0.25, 0.3) is 0 Å². The van der Waals surface area contributed by atoms with Crippen LogP contribution < -0.4 is 9.62 Å². The Bertz CT molecular complexity index is 715. The predicted molar refractivity (Wildman–Crippen MR) is 103 cm³/mol. The molecule has 2 rings (SSSR count). The van der Waals surface area contributed by atoms with Crippen molar-refractivity contribution < 1.29 is 17.9 Å². The van der Waals surface area contributed by atoms with Gasteiger partial charge in [-0.3, -0.25) is 14.0 Å². The molecule has 26 heavy (non-hydrogen) atoms. The molecule has 1 amide bonds. The van der Waals surface area contributed by atoms with Gasteiger partial charge in [0.05, 0.1) is 25.2 Å². The minimum atomic E-state index is -3.45. The molecule has 1 aromatic carbocycles. The minimum Gasteiger partial charge on any atom is -0.379 e. The maximum atomic E-state index is 12.1. The standard InChI is InChI=1S/C18H29N3O4S/c1-15-4-5-17(14-16(15)2)21(26(3,23)24)8-6-18(22)19-7-9-20-10-12-25-13-11-20/h4-5,14H,6-13H2,1-3H3,(H,19,22). The number of benzene rings is 1.